The first-order valence-corrected chi connectivity index (χ1v) is 7.30. The second kappa shape index (κ2) is 6.39. The van der Waals surface area contributed by atoms with Crippen LogP contribution in [0.25, 0.3) is 0 Å². The molecular formula is C15H23NO4. The van der Waals surface area contributed by atoms with Crippen molar-refractivity contribution in [3.63, 3.8) is 0 Å². The third-order valence-corrected chi connectivity index (χ3v) is 4.42. The van der Waals surface area contributed by atoms with E-state index in [9.17, 15) is 9.59 Å². The zero-order chi connectivity index (χ0) is 14.6. The predicted molar refractivity (Wildman–Crippen MR) is 73.8 cm³/mol. The number of amides is 1. The maximum atomic E-state index is 13.0. The fourth-order valence-electron chi connectivity index (χ4n) is 3.09. The van der Waals surface area contributed by atoms with E-state index >= 15 is 0 Å². The second-order valence-electron chi connectivity index (χ2n) is 5.55. The zero-order valence-corrected chi connectivity index (χ0v) is 12.3. The smallest absolute Gasteiger partial charge is 0.310 e. The third-order valence-electron chi connectivity index (χ3n) is 4.42. The minimum Gasteiger partial charge on any atom is -0.435 e. The van der Waals surface area contributed by atoms with Crippen molar-refractivity contribution in [1.29, 1.82) is 0 Å². The van der Waals surface area contributed by atoms with E-state index in [1.54, 1.807) is 13.2 Å². The van der Waals surface area contributed by atoms with Gasteiger partial charge in [0.1, 0.15) is 0 Å². The Morgan fingerprint density at radius 3 is 3.10 bits per heavy atom. The molecule has 5 nitrogen and oxygen atoms in total. The fraction of sp³-hybridized carbons (Fsp3) is 0.733. The molecule has 0 radical (unpaired) electrons. The van der Waals surface area contributed by atoms with Gasteiger partial charge in [-0.2, -0.15) is 0 Å². The van der Waals surface area contributed by atoms with Gasteiger partial charge in [0.05, 0.1) is 24.3 Å². The van der Waals surface area contributed by atoms with E-state index in [2.05, 4.69) is 0 Å². The van der Waals surface area contributed by atoms with E-state index in [0.717, 1.165) is 19.4 Å². The van der Waals surface area contributed by atoms with Crippen LogP contribution in [0, 0.1) is 5.41 Å². The quantitative estimate of drug-likeness (QED) is 0.738. The molecule has 0 spiro atoms. The summed E-state index contributed by atoms with van der Waals surface area (Å²) in [6.07, 6.45) is 6.64. The number of esters is 1. The van der Waals surface area contributed by atoms with Crippen molar-refractivity contribution in [3.8, 4) is 0 Å². The van der Waals surface area contributed by atoms with Gasteiger partial charge in [-0.05, 0) is 31.8 Å². The first-order chi connectivity index (χ1) is 9.63. The molecule has 20 heavy (non-hydrogen) atoms. The lowest BCUT2D eigenvalue weighted by molar-refractivity contribution is -0.142. The van der Waals surface area contributed by atoms with Crippen LogP contribution >= 0.6 is 0 Å². The van der Waals surface area contributed by atoms with Gasteiger partial charge in [0.15, 0.2) is 0 Å². The molecule has 1 amide bonds. The van der Waals surface area contributed by atoms with Gasteiger partial charge >= 0.3 is 5.97 Å². The van der Waals surface area contributed by atoms with Crippen LogP contribution in [0.1, 0.15) is 39.0 Å². The number of hydrogen-bond donors (Lipinski definition) is 0. The SMILES string of the molecule is CC[C@@]1(C(=O)N2CCC[C@H]2COC)C=COC(=O)CC1. The van der Waals surface area contributed by atoms with Crippen LogP contribution in [0.2, 0.25) is 0 Å². The summed E-state index contributed by atoms with van der Waals surface area (Å²) in [6, 6.07) is 0.157. The lowest BCUT2D eigenvalue weighted by Crippen LogP contribution is -2.46. The van der Waals surface area contributed by atoms with E-state index in [-0.39, 0.29) is 24.3 Å². The summed E-state index contributed by atoms with van der Waals surface area (Å²) in [5.41, 5.74) is -0.609. The molecule has 1 saturated heterocycles. The van der Waals surface area contributed by atoms with Crippen molar-refractivity contribution in [1.82, 2.24) is 4.90 Å². The van der Waals surface area contributed by atoms with E-state index in [1.165, 1.54) is 6.26 Å². The summed E-state index contributed by atoms with van der Waals surface area (Å²) in [5, 5.41) is 0. The molecule has 2 aliphatic rings. The highest BCUT2D eigenvalue weighted by atomic mass is 16.5. The largest absolute Gasteiger partial charge is 0.435 e. The molecule has 2 heterocycles. The normalized spacial score (nSPS) is 30.2. The van der Waals surface area contributed by atoms with Gasteiger partial charge in [-0.25, -0.2) is 0 Å². The van der Waals surface area contributed by atoms with E-state index < -0.39 is 5.41 Å². The predicted octanol–water partition coefficient (Wildman–Crippen LogP) is 1.87. The summed E-state index contributed by atoms with van der Waals surface area (Å²) in [5.74, 6) is -0.159. The van der Waals surface area contributed by atoms with Crippen LogP contribution in [0.15, 0.2) is 12.3 Å². The number of rotatable bonds is 4. The number of likely N-dealkylation sites (tertiary alicyclic amines) is 1. The van der Waals surface area contributed by atoms with Crippen molar-refractivity contribution < 1.29 is 19.1 Å². The van der Waals surface area contributed by atoms with Crippen LogP contribution < -0.4 is 0 Å². The number of carbonyl (C=O) groups is 2. The monoisotopic (exact) mass is 281 g/mol. The first-order valence-electron chi connectivity index (χ1n) is 7.30. The van der Waals surface area contributed by atoms with Crippen molar-refractivity contribution in [2.45, 2.75) is 45.1 Å². The number of nitrogens with zero attached hydrogens (tertiary/aromatic N) is 1. The van der Waals surface area contributed by atoms with Crippen molar-refractivity contribution >= 4 is 11.9 Å². The van der Waals surface area contributed by atoms with Gasteiger partial charge in [-0.15, -0.1) is 0 Å². The maximum Gasteiger partial charge on any atom is 0.310 e. The summed E-state index contributed by atoms with van der Waals surface area (Å²) in [7, 11) is 1.66. The minimum atomic E-state index is -0.609. The molecule has 0 aromatic heterocycles. The highest BCUT2D eigenvalue weighted by molar-refractivity contribution is 5.86. The molecule has 2 aliphatic heterocycles. The zero-order valence-electron chi connectivity index (χ0n) is 12.3. The molecule has 5 heteroatoms. The molecule has 0 N–H and O–H groups in total. The Hall–Kier alpha value is -1.36. The third kappa shape index (κ3) is 2.87. The number of hydrogen-bond acceptors (Lipinski definition) is 4. The average molecular weight is 281 g/mol. The Labute approximate surface area is 119 Å². The molecule has 1 fully saturated rings. The lowest BCUT2D eigenvalue weighted by atomic mass is 9.79. The minimum absolute atomic E-state index is 0.106. The summed E-state index contributed by atoms with van der Waals surface area (Å²) in [4.78, 5) is 26.3. The maximum absolute atomic E-state index is 13.0. The molecule has 0 bridgehead atoms. The lowest BCUT2D eigenvalue weighted by Gasteiger charge is -2.34. The van der Waals surface area contributed by atoms with Crippen molar-refractivity contribution in [2.24, 2.45) is 5.41 Å². The Bertz CT molecular complexity index is 407. The van der Waals surface area contributed by atoms with Gasteiger partial charge in [-0.1, -0.05) is 6.92 Å². The van der Waals surface area contributed by atoms with E-state index in [1.807, 2.05) is 11.8 Å². The summed E-state index contributed by atoms with van der Waals surface area (Å²) < 4.78 is 10.1. The number of ether oxygens (including phenoxy) is 2. The molecule has 2 rings (SSSR count). The highest BCUT2D eigenvalue weighted by Crippen LogP contribution is 2.36. The fourth-order valence-corrected chi connectivity index (χ4v) is 3.09. The average Bonchev–Trinajstić information content (AvgIpc) is 2.81. The van der Waals surface area contributed by atoms with Crippen LogP contribution in [0.4, 0.5) is 0 Å². The Morgan fingerprint density at radius 2 is 2.40 bits per heavy atom. The van der Waals surface area contributed by atoms with Crippen LogP contribution in [0.5, 0.6) is 0 Å². The number of methoxy groups -OCH3 is 1. The van der Waals surface area contributed by atoms with Gasteiger partial charge in [-0.3, -0.25) is 9.59 Å². The molecule has 0 aromatic rings. The van der Waals surface area contributed by atoms with Crippen LogP contribution in [0.3, 0.4) is 0 Å². The standard InChI is InChI=1S/C15H23NO4/c1-3-15(7-6-13(17)20-10-8-15)14(18)16-9-4-5-12(16)11-19-2/h8,10,12H,3-7,9,11H2,1-2H3/t12-,15-/m0/s1. The topological polar surface area (TPSA) is 55.8 Å². The van der Waals surface area contributed by atoms with Gasteiger partial charge in [0.25, 0.3) is 0 Å². The van der Waals surface area contributed by atoms with E-state index in [0.29, 0.717) is 19.4 Å². The molecule has 0 saturated carbocycles. The summed E-state index contributed by atoms with van der Waals surface area (Å²) in [6.45, 7) is 3.33. The molecule has 0 unspecified atom stereocenters. The Kier molecular flexibility index (Phi) is 4.81. The Morgan fingerprint density at radius 1 is 1.60 bits per heavy atom. The molecule has 2 atom stereocenters. The highest BCUT2D eigenvalue weighted by Gasteiger charge is 2.42. The van der Waals surface area contributed by atoms with Gasteiger partial charge < -0.3 is 14.4 Å². The molecule has 0 aliphatic carbocycles. The molecule has 0 aromatic carbocycles. The van der Waals surface area contributed by atoms with Gasteiger partial charge in [0.2, 0.25) is 5.91 Å². The molecular weight excluding hydrogens is 258 g/mol. The van der Waals surface area contributed by atoms with E-state index in [4.69, 9.17) is 9.47 Å². The van der Waals surface area contributed by atoms with Crippen LogP contribution in [-0.4, -0.2) is 43.1 Å². The van der Waals surface area contributed by atoms with Crippen molar-refractivity contribution in [2.75, 3.05) is 20.3 Å². The number of cyclic esters (lactones) is 1. The number of carbonyl (C=O) groups excluding carboxylic acids is 2. The second-order valence-corrected chi connectivity index (χ2v) is 5.55. The summed E-state index contributed by atoms with van der Waals surface area (Å²) >= 11 is 0. The molecule has 112 valence electrons. The Balaban J connectivity index is 2.17. The van der Waals surface area contributed by atoms with Crippen LogP contribution in [-0.2, 0) is 19.1 Å². The van der Waals surface area contributed by atoms with Crippen molar-refractivity contribution in [3.05, 3.63) is 12.3 Å². The van der Waals surface area contributed by atoms with Gasteiger partial charge in [0, 0.05) is 20.1 Å². The first kappa shape index (κ1) is 15.0.